The molecule has 1 aliphatic rings. The molecule has 2 heteroatoms. The van der Waals surface area contributed by atoms with Crippen LogP contribution in [0.5, 0.6) is 0 Å². The molecule has 0 amide bonds. The van der Waals surface area contributed by atoms with Gasteiger partial charge in [0.15, 0.2) is 0 Å². The average Bonchev–Trinajstić information content (AvgIpc) is 3.22. The average molecular weight is 296 g/mol. The lowest BCUT2D eigenvalue weighted by Gasteiger charge is -2.24. The van der Waals surface area contributed by atoms with E-state index in [-0.39, 0.29) is 5.41 Å². The first kappa shape index (κ1) is 14.5. The van der Waals surface area contributed by atoms with Crippen LogP contribution in [0.2, 0.25) is 19.6 Å². The molecule has 1 aliphatic carbocycles. The first-order valence-corrected chi connectivity index (χ1v) is 11.4. The topological polar surface area (TPSA) is 4.93 Å². The third kappa shape index (κ3) is 2.67. The lowest BCUT2D eigenvalue weighted by atomic mass is 9.78. The molecular formula is C19H25NSi. The van der Waals surface area contributed by atoms with Gasteiger partial charge in [0, 0.05) is 24.1 Å². The number of aromatic nitrogens is 1. The van der Waals surface area contributed by atoms with E-state index in [1.807, 2.05) is 0 Å². The number of para-hydroxylation sites is 1. The Hall–Kier alpha value is -1.46. The van der Waals surface area contributed by atoms with E-state index in [1.54, 1.807) is 0 Å². The Balaban J connectivity index is 2.18. The highest BCUT2D eigenvalue weighted by atomic mass is 28.3. The molecular weight excluding hydrogens is 270 g/mol. The van der Waals surface area contributed by atoms with E-state index in [9.17, 15) is 0 Å². The molecule has 0 N–H and O–H groups in total. The van der Waals surface area contributed by atoms with Gasteiger partial charge in [-0.15, -0.1) is 5.54 Å². The molecule has 1 atom stereocenters. The lowest BCUT2D eigenvalue weighted by molar-refractivity contribution is 0.539. The maximum absolute atomic E-state index is 3.72. The number of rotatable bonds is 2. The van der Waals surface area contributed by atoms with Crippen molar-refractivity contribution in [1.29, 1.82) is 0 Å². The molecule has 0 radical (unpaired) electrons. The van der Waals surface area contributed by atoms with Crippen LogP contribution >= 0.6 is 0 Å². The Kier molecular flexibility index (Phi) is 3.29. The fourth-order valence-electron chi connectivity index (χ4n) is 3.12. The van der Waals surface area contributed by atoms with E-state index in [0.717, 1.165) is 5.92 Å². The Labute approximate surface area is 129 Å². The van der Waals surface area contributed by atoms with Gasteiger partial charge < -0.3 is 4.57 Å². The molecule has 1 saturated carbocycles. The predicted molar refractivity (Wildman–Crippen MR) is 94.1 cm³/mol. The van der Waals surface area contributed by atoms with Crippen molar-refractivity contribution in [2.75, 3.05) is 0 Å². The second-order valence-electron chi connectivity index (χ2n) is 7.65. The van der Waals surface area contributed by atoms with Gasteiger partial charge in [-0.05, 0) is 37.3 Å². The molecule has 1 aromatic carbocycles. The Morgan fingerprint density at radius 1 is 1.19 bits per heavy atom. The zero-order valence-electron chi connectivity index (χ0n) is 13.8. The van der Waals surface area contributed by atoms with Gasteiger partial charge in [-0.3, -0.25) is 0 Å². The summed E-state index contributed by atoms with van der Waals surface area (Å²) >= 11 is 0. The van der Waals surface area contributed by atoms with E-state index < -0.39 is 8.07 Å². The molecule has 2 aromatic rings. The van der Waals surface area contributed by atoms with Crippen LogP contribution in [0.25, 0.3) is 10.9 Å². The number of nitrogens with zero attached hydrogens (tertiary/aromatic N) is 1. The Morgan fingerprint density at radius 2 is 1.86 bits per heavy atom. The van der Waals surface area contributed by atoms with E-state index in [0.29, 0.717) is 0 Å². The van der Waals surface area contributed by atoms with Gasteiger partial charge in [0.1, 0.15) is 8.07 Å². The maximum Gasteiger partial charge on any atom is 0.129 e. The van der Waals surface area contributed by atoms with Crippen molar-refractivity contribution in [1.82, 2.24) is 4.57 Å². The van der Waals surface area contributed by atoms with Crippen LogP contribution in [0.3, 0.4) is 0 Å². The summed E-state index contributed by atoms with van der Waals surface area (Å²) in [6.07, 6.45) is 4.95. The van der Waals surface area contributed by atoms with Gasteiger partial charge in [-0.25, -0.2) is 0 Å². The summed E-state index contributed by atoms with van der Waals surface area (Å²) in [6, 6.07) is 8.72. The number of fused-ring (bicyclic) bond motifs is 1. The molecule has 1 aromatic heterocycles. The minimum atomic E-state index is -1.35. The fraction of sp³-hybridized carbons (Fsp3) is 0.474. The number of hydrogen-bond donors (Lipinski definition) is 0. The Morgan fingerprint density at radius 3 is 2.48 bits per heavy atom. The van der Waals surface area contributed by atoms with Crippen molar-refractivity contribution in [2.24, 2.45) is 13.0 Å². The quantitative estimate of drug-likeness (QED) is 0.558. The Bertz CT molecular complexity index is 734. The SMILES string of the molecule is Cn1cc(C(C)(C#C[Si](C)(C)C)C2CC2)c2ccccc21. The van der Waals surface area contributed by atoms with Crippen LogP contribution in [-0.4, -0.2) is 12.6 Å². The molecule has 1 nitrogen and oxygen atoms in total. The zero-order chi connectivity index (χ0) is 15.3. The van der Waals surface area contributed by atoms with Crippen molar-refractivity contribution >= 4 is 19.0 Å². The highest BCUT2D eigenvalue weighted by Crippen LogP contribution is 2.49. The summed E-state index contributed by atoms with van der Waals surface area (Å²) in [7, 11) is 0.797. The van der Waals surface area contributed by atoms with Gasteiger partial charge >= 0.3 is 0 Å². The molecule has 3 rings (SSSR count). The third-order valence-corrected chi connectivity index (χ3v) is 5.42. The van der Waals surface area contributed by atoms with Gasteiger partial charge in [-0.2, -0.15) is 0 Å². The van der Waals surface area contributed by atoms with E-state index in [4.69, 9.17) is 0 Å². The molecule has 0 spiro atoms. The van der Waals surface area contributed by atoms with E-state index >= 15 is 0 Å². The van der Waals surface area contributed by atoms with Gasteiger partial charge in [0.2, 0.25) is 0 Å². The maximum atomic E-state index is 3.72. The molecule has 0 aliphatic heterocycles. The summed E-state index contributed by atoms with van der Waals surface area (Å²) in [5.41, 5.74) is 6.39. The van der Waals surface area contributed by atoms with Crippen molar-refractivity contribution in [3.05, 3.63) is 36.0 Å². The largest absolute Gasteiger partial charge is 0.350 e. The highest BCUT2D eigenvalue weighted by molar-refractivity contribution is 6.83. The number of aryl methyl sites for hydroxylation is 1. The highest BCUT2D eigenvalue weighted by Gasteiger charge is 2.43. The summed E-state index contributed by atoms with van der Waals surface area (Å²) in [6.45, 7) is 9.35. The molecule has 1 unspecified atom stereocenters. The molecule has 0 saturated heterocycles. The second kappa shape index (κ2) is 4.78. The monoisotopic (exact) mass is 295 g/mol. The molecule has 0 bridgehead atoms. The van der Waals surface area contributed by atoms with Gasteiger partial charge in [0.05, 0.1) is 5.41 Å². The van der Waals surface area contributed by atoms with Crippen molar-refractivity contribution in [3.63, 3.8) is 0 Å². The van der Waals surface area contributed by atoms with Crippen LogP contribution < -0.4 is 0 Å². The number of hydrogen-bond acceptors (Lipinski definition) is 0. The van der Waals surface area contributed by atoms with Crippen LogP contribution in [-0.2, 0) is 12.5 Å². The second-order valence-corrected chi connectivity index (χ2v) is 12.4. The fourth-order valence-corrected chi connectivity index (χ4v) is 3.76. The first-order valence-electron chi connectivity index (χ1n) is 7.90. The lowest BCUT2D eigenvalue weighted by Crippen LogP contribution is -2.25. The summed E-state index contributed by atoms with van der Waals surface area (Å²) in [5.74, 6) is 4.45. The predicted octanol–water partition coefficient (Wildman–Crippen LogP) is 4.73. The minimum Gasteiger partial charge on any atom is -0.350 e. The smallest absolute Gasteiger partial charge is 0.129 e. The molecule has 110 valence electrons. The van der Waals surface area contributed by atoms with Crippen LogP contribution in [0.1, 0.15) is 25.3 Å². The third-order valence-electron chi connectivity index (χ3n) is 4.55. The van der Waals surface area contributed by atoms with E-state index in [2.05, 4.69) is 80.1 Å². The summed E-state index contributed by atoms with van der Waals surface area (Å²) in [4.78, 5) is 0. The minimum absolute atomic E-state index is 0.0150. The van der Waals surface area contributed by atoms with Gasteiger partial charge in [0.25, 0.3) is 0 Å². The molecule has 21 heavy (non-hydrogen) atoms. The zero-order valence-corrected chi connectivity index (χ0v) is 14.8. The summed E-state index contributed by atoms with van der Waals surface area (Å²) in [5, 5.41) is 1.37. The van der Waals surface area contributed by atoms with Gasteiger partial charge in [-0.1, -0.05) is 43.8 Å². The first-order chi connectivity index (χ1) is 9.81. The van der Waals surface area contributed by atoms with Crippen LogP contribution in [0.15, 0.2) is 30.5 Å². The standard InChI is InChI=1S/C19H25NSi/c1-19(15-10-11-15,12-13-21(3,4)5)17-14-20(2)18-9-7-6-8-16(17)18/h6-9,14-15H,10-11H2,1-5H3. The molecule has 1 fully saturated rings. The van der Waals surface area contributed by atoms with Crippen molar-refractivity contribution < 1.29 is 0 Å². The van der Waals surface area contributed by atoms with Crippen molar-refractivity contribution in [3.8, 4) is 11.5 Å². The number of benzene rings is 1. The van der Waals surface area contributed by atoms with Crippen LogP contribution in [0, 0.1) is 17.4 Å². The van der Waals surface area contributed by atoms with Crippen molar-refractivity contribution in [2.45, 2.75) is 44.8 Å². The van der Waals surface area contributed by atoms with E-state index in [1.165, 1.54) is 29.3 Å². The summed E-state index contributed by atoms with van der Waals surface area (Å²) < 4.78 is 2.25. The van der Waals surface area contributed by atoms with Crippen LogP contribution in [0.4, 0.5) is 0 Å². The normalized spacial score (nSPS) is 18.1. The molecule has 1 heterocycles.